The number of hydrogen-bond donors (Lipinski definition) is 0. The van der Waals surface area contributed by atoms with E-state index in [0.29, 0.717) is 38.3 Å². The van der Waals surface area contributed by atoms with Crippen LogP contribution in [-0.2, 0) is 16.1 Å². The van der Waals surface area contributed by atoms with Gasteiger partial charge in [-0.05, 0) is 37.5 Å². The van der Waals surface area contributed by atoms with E-state index in [-0.39, 0.29) is 17.7 Å². The number of carbonyl (C=O) groups is 2. The number of likely N-dealkylation sites (tertiary alicyclic amines) is 1. The summed E-state index contributed by atoms with van der Waals surface area (Å²) in [5, 5.41) is 1.03. The molecule has 2 heterocycles. The van der Waals surface area contributed by atoms with Crippen LogP contribution in [0.15, 0.2) is 60.7 Å². The molecule has 6 nitrogen and oxygen atoms in total. The van der Waals surface area contributed by atoms with Crippen LogP contribution in [0.2, 0.25) is 0 Å². The Bertz CT molecular complexity index is 1140. The second-order valence-corrected chi connectivity index (χ2v) is 8.28. The van der Waals surface area contributed by atoms with Gasteiger partial charge in [0.1, 0.15) is 5.82 Å². The maximum atomic E-state index is 13.0. The molecule has 2 aromatic carbocycles. The van der Waals surface area contributed by atoms with Gasteiger partial charge in [0.25, 0.3) is 0 Å². The molecule has 1 aliphatic rings. The second-order valence-electron chi connectivity index (χ2n) is 8.28. The van der Waals surface area contributed by atoms with E-state index >= 15 is 0 Å². The van der Waals surface area contributed by atoms with Crippen LogP contribution in [0.3, 0.4) is 0 Å². The van der Waals surface area contributed by atoms with Crippen LogP contribution in [0.1, 0.15) is 29.9 Å². The number of nitrogens with zero attached hydrogens (tertiary/aromatic N) is 4. The maximum absolute atomic E-state index is 13.0. The number of benzene rings is 2. The molecule has 164 valence electrons. The third kappa shape index (κ3) is 5.02. The van der Waals surface area contributed by atoms with Crippen molar-refractivity contribution in [2.45, 2.75) is 26.3 Å². The van der Waals surface area contributed by atoms with Crippen molar-refractivity contribution in [2.75, 3.05) is 20.1 Å². The lowest BCUT2D eigenvalue weighted by molar-refractivity contribution is -0.138. The minimum absolute atomic E-state index is 0.00635. The van der Waals surface area contributed by atoms with Gasteiger partial charge in [0, 0.05) is 43.2 Å². The Morgan fingerprint density at radius 1 is 1.03 bits per heavy atom. The molecule has 0 unspecified atom stereocenters. The van der Waals surface area contributed by atoms with Gasteiger partial charge >= 0.3 is 0 Å². The normalized spacial score (nSPS) is 14.8. The summed E-state index contributed by atoms with van der Waals surface area (Å²) in [6.07, 6.45) is 4.79. The zero-order valence-corrected chi connectivity index (χ0v) is 18.6. The zero-order chi connectivity index (χ0) is 22.5. The number of rotatable bonds is 5. The molecule has 1 aromatic heterocycles. The van der Waals surface area contributed by atoms with E-state index in [1.54, 1.807) is 18.0 Å². The summed E-state index contributed by atoms with van der Waals surface area (Å²) < 4.78 is 0. The molecule has 0 spiro atoms. The van der Waals surface area contributed by atoms with Crippen molar-refractivity contribution in [1.29, 1.82) is 0 Å². The van der Waals surface area contributed by atoms with Crippen molar-refractivity contribution in [2.24, 2.45) is 5.92 Å². The van der Waals surface area contributed by atoms with Crippen molar-refractivity contribution in [3.63, 3.8) is 0 Å². The highest BCUT2D eigenvalue weighted by Crippen LogP contribution is 2.21. The van der Waals surface area contributed by atoms with Crippen LogP contribution in [0, 0.1) is 12.8 Å². The summed E-state index contributed by atoms with van der Waals surface area (Å²) in [4.78, 5) is 38.2. The van der Waals surface area contributed by atoms with E-state index in [1.165, 1.54) is 0 Å². The molecule has 0 atom stereocenters. The monoisotopic (exact) mass is 428 g/mol. The summed E-state index contributed by atoms with van der Waals surface area (Å²) in [6.45, 7) is 3.53. The van der Waals surface area contributed by atoms with E-state index in [2.05, 4.69) is 9.97 Å². The van der Waals surface area contributed by atoms with Gasteiger partial charge in [0.2, 0.25) is 11.8 Å². The number of piperidine rings is 1. The fourth-order valence-corrected chi connectivity index (χ4v) is 4.15. The molecule has 0 N–H and O–H groups in total. The SMILES string of the molecule is Cc1nc(CN(C)C(=O)C2CCN(C(=O)/C=C/c3ccccc3)CC2)nc2ccccc12. The molecule has 0 bridgehead atoms. The van der Waals surface area contributed by atoms with E-state index in [9.17, 15) is 9.59 Å². The summed E-state index contributed by atoms with van der Waals surface area (Å²) in [6, 6.07) is 17.7. The number of aryl methyl sites for hydroxylation is 1. The van der Waals surface area contributed by atoms with Gasteiger partial charge in [-0.3, -0.25) is 9.59 Å². The number of fused-ring (bicyclic) bond motifs is 1. The lowest BCUT2D eigenvalue weighted by atomic mass is 9.95. The molecule has 4 rings (SSSR count). The Hall–Kier alpha value is -3.54. The third-order valence-electron chi connectivity index (χ3n) is 5.97. The molecule has 0 saturated carbocycles. The van der Waals surface area contributed by atoms with Crippen LogP contribution in [0.5, 0.6) is 0 Å². The largest absolute Gasteiger partial charge is 0.339 e. The number of hydrogen-bond acceptors (Lipinski definition) is 4. The van der Waals surface area contributed by atoms with Gasteiger partial charge in [-0.2, -0.15) is 0 Å². The van der Waals surface area contributed by atoms with E-state index < -0.39 is 0 Å². The topological polar surface area (TPSA) is 66.4 Å². The molecular weight excluding hydrogens is 400 g/mol. The fraction of sp³-hybridized carbons (Fsp3) is 0.308. The molecule has 1 fully saturated rings. The van der Waals surface area contributed by atoms with Gasteiger partial charge in [0.05, 0.1) is 12.1 Å². The Balaban J connectivity index is 1.32. The molecule has 1 aliphatic heterocycles. The first-order valence-corrected chi connectivity index (χ1v) is 11.0. The maximum Gasteiger partial charge on any atom is 0.246 e. The van der Waals surface area contributed by atoms with Crippen LogP contribution in [0.25, 0.3) is 17.0 Å². The van der Waals surface area contributed by atoms with Crippen molar-refractivity contribution in [3.05, 3.63) is 77.8 Å². The van der Waals surface area contributed by atoms with E-state index in [0.717, 1.165) is 22.2 Å². The van der Waals surface area contributed by atoms with Gasteiger partial charge in [-0.15, -0.1) is 0 Å². The highest BCUT2D eigenvalue weighted by Gasteiger charge is 2.28. The zero-order valence-electron chi connectivity index (χ0n) is 18.6. The predicted octanol–water partition coefficient (Wildman–Crippen LogP) is 3.85. The average Bonchev–Trinajstić information content (AvgIpc) is 2.83. The Morgan fingerprint density at radius 2 is 1.72 bits per heavy atom. The van der Waals surface area contributed by atoms with E-state index in [4.69, 9.17) is 0 Å². The quantitative estimate of drug-likeness (QED) is 0.579. The lowest BCUT2D eigenvalue weighted by Crippen LogP contribution is -2.43. The standard InChI is InChI=1S/C26H28N4O2/c1-19-22-10-6-7-11-23(22)28-24(27-19)18-29(2)26(32)21-14-16-30(17-15-21)25(31)13-12-20-8-4-3-5-9-20/h3-13,21H,14-18H2,1-2H3/b13-12+. The number of para-hydroxylation sites is 1. The molecule has 3 aromatic rings. The highest BCUT2D eigenvalue weighted by atomic mass is 16.2. The third-order valence-corrected chi connectivity index (χ3v) is 5.97. The number of aromatic nitrogens is 2. The summed E-state index contributed by atoms with van der Waals surface area (Å²) in [5.74, 6) is 0.652. The van der Waals surface area contributed by atoms with E-state index in [1.807, 2.05) is 72.5 Å². The van der Waals surface area contributed by atoms with Crippen molar-refractivity contribution in [1.82, 2.24) is 19.8 Å². The van der Waals surface area contributed by atoms with Crippen LogP contribution >= 0.6 is 0 Å². The summed E-state index contributed by atoms with van der Waals surface area (Å²) in [5.41, 5.74) is 2.81. The Labute approximate surface area is 188 Å². The first-order chi connectivity index (χ1) is 15.5. The fourth-order valence-electron chi connectivity index (χ4n) is 4.15. The first-order valence-electron chi connectivity index (χ1n) is 11.0. The smallest absolute Gasteiger partial charge is 0.246 e. The van der Waals surface area contributed by atoms with Crippen LogP contribution < -0.4 is 0 Å². The molecular formula is C26H28N4O2. The van der Waals surface area contributed by atoms with Gasteiger partial charge in [-0.25, -0.2) is 9.97 Å². The van der Waals surface area contributed by atoms with Gasteiger partial charge in [-0.1, -0.05) is 48.5 Å². The van der Waals surface area contributed by atoms with Crippen LogP contribution in [-0.4, -0.2) is 51.7 Å². The summed E-state index contributed by atoms with van der Waals surface area (Å²) in [7, 11) is 1.80. The summed E-state index contributed by atoms with van der Waals surface area (Å²) >= 11 is 0. The number of amides is 2. The highest BCUT2D eigenvalue weighted by molar-refractivity contribution is 5.92. The van der Waals surface area contributed by atoms with Crippen molar-refractivity contribution < 1.29 is 9.59 Å². The first kappa shape index (κ1) is 21.7. The second kappa shape index (κ2) is 9.73. The molecule has 32 heavy (non-hydrogen) atoms. The minimum atomic E-state index is -0.0799. The van der Waals surface area contributed by atoms with Crippen molar-refractivity contribution >= 4 is 28.8 Å². The predicted molar refractivity (Wildman–Crippen MR) is 126 cm³/mol. The molecule has 1 saturated heterocycles. The molecule has 0 aliphatic carbocycles. The molecule has 2 amide bonds. The van der Waals surface area contributed by atoms with Gasteiger partial charge in [0.15, 0.2) is 0 Å². The molecule has 0 radical (unpaired) electrons. The Morgan fingerprint density at radius 3 is 2.47 bits per heavy atom. The van der Waals surface area contributed by atoms with Crippen molar-refractivity contribution in [3.8, 4) is 0 Å². The lowest BCUT2D eigenvalue weighted by Gasteiger charge is -2.32. The van der Waals surface area contributed by atoms with Gasteiger partial charge < -0.3 is 9.80 Å². The number of carbonyl (C=O) groups excluding carboxylic acids is 2. The Kier molecular flexibility index (Phi) is 6.59. The minimum Gasteiger partial charge on any atom is -0.339 e. The molecule has 6 heteroatoms. The van der Waals surface area contributed by atoms with Crippen LogP contribution in [0.4, 0.5) is 0 Å². The average molecular weight is 429 g/mol.